The van der Waals surface area contributed by atoms with Crippen LogP contribution in [0, 0.1) is 13.8 Å². The van der Waals surface area contributed by atoms with Crippen LogP contribution in [0.1, 0.15) is 56.3 Å². The van der Waals surface area contributed by atoms with Gasteiger partial charge >= 0.3 is 0 Å². The molecule has 0 saturated heterocycles. The van der Waals surface area contributed by atoms with Gasteiger partial charge in [0, 0.05) is 29.0 Å². The second kappa shape index (κ2) is 7.52. The predicted molar refractivity (Wildman–Crippen MR) is 143 cm³/mol. The Bertz CT molecular complexity index is 1580. The molecule has 0 radical (unpaired) electrons. The van der Waals surface area contributed by atoms with E-state index in [1.165, 1.54) is 66.9 Å². The summed E-state index contributed by atoms with van der Waals surface area (Å²) in [5.41, 5.74) is 16.6. The van der Waals surface area contributed by atoms with Gasteiger partial charge in [-0.05, 0) is 70.0 Å². The summed E-state index contributed by atoms with van der Waals surface area (Å²) >= 11 is 0. The molecule has 0 spiro atoms. The Morgan fingerprint density at radius 2 is 1.03 bits per heavy atom. The van der Waals surface area contributed by atoms with Crippen molar-refractivity contribution in [2.75, 3.05) is 0 Å². The van der Waals surface area contributed by atoms with Crippen LogP contribution in [-0.4, -0.2) is 0 Å². The highest BCUT2D eigenvalue weighted by molar-refractivity contribution is 5.76. The van der Waals surface area contributed by atoms with Crippen LogP contribution in [0.15, 0.2) is 103 Å². The largest absolute Gasteiger partial charge is 0.213 e. The van der Waals surface area contributed by atoms with E-state index >= 15 is 0 Å². The van der Waals surface area contributed by atoms with Crippen molar-refractivity contribution < 1.29 is 4.57 Å². The molecule has 1 heteroatoms. The van der Waals surface area contributed by atoms with Crippen LogP contribution in [-0.2, 0) is 7.05 Å². The number of hydrogen-bond donors (Lipinski definition) is 0. The van der Waals surface area contributed by atoms with E-state index in [9.17, 15) is 0 Å². The first-order valence-corrected chi connectivity index (χ1v) is 12.5. The number of rotatable bonds is 2. The third-order valence-electron chi connectivity index (χ3n) is 8.12. The van der Waals surface area contributed by atoms with Crippen molar-refractivity contribution in [3.05, 3.63) is 148 Å². The highest BCUT2D eigenvalue weighted by Gasteiger charge is 2.41. The van der Waals surface area contributed by atoms with E-state index in [0.29, 0.717) is 11.8 Å². The topological polar surface area (TPSA) is 3.88 Å². The van der Waals surface area contributed by atoms with Gasteiger partial charge in [0.25, 0.3) is 0 Å². The molecule has 0 unspecified atom stereocenters. The number of aromatic nitrogens is 1. The molecule has 1 nitrogen and oxygen atoms in total. The fourth-order valence-electron chi connectivity index (χ4n) is 6.58. The molecular formula is C34H28N+. The number of pyridine rings is 1. The number of hydrogen-bond acceptors (Lipinski definition) is 0. The molecule has 35 heavy (non-hydrogen) atoms. The Morgan fingerprint density at radius 3 is 1.60 bits per heavy atom. The average Bonchev–Trinajstić information content (AvgIpc) is 2.89. The minimum atomic E-state index is 0.297. The summed E-state index contributed by atoms with van der Waals surface area (Å²) in [6.07, 6.45) is 2.27. The van der Waals surface area contributed by atoms with Crippen molar-refractivity contribution in [1.82, 2.24) is 0 Å². The quantitative estimate of drug-likeness (QED) is 0.241. The zero-order chi connectivity index (χ0) is 23.7. The molecule has 0 N–H and O–H groups in total. The second-order valence-corrected chi connectivity index (χ2v) is 10.2. The van der Waals surface area contributed by atoms with Crippen LogP contribution in [0.3, 0.4) is 0 Å². The number of benzene rings is 4. The molecule has 0 saturated carbocycles. The lowest BCUT2D eigenvalue weighted by Crippen LogP contribution is -2.32. The fourth-order valence-corrected chi connectivity index (χ4v) is 6.58. The van der Waals surface area contributed by atoms with Crippen molar-refractivity contribution in [3.63, 3.8) is 0 Å². The molecule has 4 aromatic carbocycles. The third-order valence-corrected chi connectivity index (χ3v) is 8.12. The monoisotopic (exact) mass is 450 g/mol. The highest BCUT2D eigenvalue weighted by Crippen LogP contribution is 2.56. The van der Waals surface area contributed by atoms with E-state index in [2.05, 4.69) is 129 Å². The van der Waals surface area contributed by atoms with Crippen molar-refractivity contribution in [1.29, 1.82) is 0 Å². The summed E-state index contributed by atoms with van der Waals surface area (Å²) in [6.45, 7) is 4.48. The van der Waals surface area contributed by atoms with Crippen molar-refractivity contribution in [3.8, 4) is 22.4 Å². The first kappa shape index (κ1) is 20.4. The highest BCUT2D eigenvalue weighted by atomic mass is 14.9. The van der Waals surface area contributed by atoms with E-state index in [4.69, 9.17) is 0 Å². The first-order valence-electron chi connectivity index (χ1n) is 12.5. The Kier molecular flexibility index (Phi) is 4.38. The Balaban J connectivity index is 1.46. The molecule has 3 aliphatic rings. The average molecular weight is 451 g/mol. The lowest BCUT2D eigenvalue weighted by atomic mass is 9.60. The molecule has 2 bridgehead atoms. The van der Waals surface area contributed by atoms with Crippen molar-refractivity contribution >= 4 is 0 Å². The molecule has 0 amide bonds. The van der Waals surface area contributed by atoms with E-state index in [-0.39, 0.29) is 0 Å². The molecule has 5 aromatic rings. The van der Waals surface area contributed by atoms with Gasteiger partial charge in [-0.3, -0.25) is 0 Å². The van der Waals surface area contributed by atoms with Gasteiger partial charge in [-0.25, -0.2) is 4.57 Å². The predicted octanol–water partition coefficient (Wildman–Crippen LogP) is 7.45. The SMILES string of the molecule is Cc1c[n+](C)c(-c2cc3c(cc2C)C2c4ccccc4C3c3ccccc32)cc1-c1ccccc1. The van der Waals surface area contributed by atoms with Crippen LogP contribution >= 0.6 is 0 Å². The maximum atomic E-state index is 2.49. The zero-order valence-electron chi connectivity index (χ0n) is 20.4. The van der Waals surface area contributed by atoms with Gasteiger partial charge < -0.3 is 0 Å². The number of aryl methyl sites for hydroxylation is 3. The lowest BCUT2D eigenvalue weighted by molar-refractivity contribution is -0.660. The van der Waals surface area contributed by atoms with Gasteiger partial charge in [-0.1, -0.05) is 84.9 Å². The third kappa shape index (κ3) is 2.91. The normalized spacial score (nSPS) is 17.0. The molecule has 0 aliphatic heterocycles. The summed E-state index contributed by atoms with van der Waals surface area (Å²) in [5.74, 6) is 0.618. The fraction of sp³-hybridized carbons (Fsp3) is 0.147. The second-order valence-electron chi connectivity index (χ2n) is 10.2. The standard InChI is InChI=1S/C34H28N/c1-21-17-30-31(34-26-15-9-7-13-24(26)33(30)25-14-8-10-16-27(25)34)18-29(21)32-19-28(22(2)20-35(32)3)23-11-5-4-6-12-23/h4-20,33-34H,1-3H3/q+1. The summed E-state index contributed by atoms with van der Waals surface area (Å²) in [7, 11) is 2.17. The van der Waals surface area contributed by atoms with Gasteiger partial charge in [0.15, 0.2) is 6.20 Å². The Hall–Kier alpha value is -3.97. The van der Waals surface area contributed by atoms with Crippen LogP contribution in [0.5, 0.6) is 0 Å². The van der Waals surface area contributed by atoms with E-state index in [1.807, 2.05) is 0 Å². The molecule has 8 rings (SSSR count). The summed E-state index contributed by atoms with van der Waals surface area (Å²) < 4.78 is 2.29. The molecule has 0 atom stereocenters. The molecule has 3 aliphatic carbocycles. The first-order chi connectivity index (χ1) is 17.1. The summed E-state index contributed by atoms with van der Waals surface area (Å²) in [4.78, 5) is 0. The molecular weight excluding hydrogens is 422 g/mol. The minimum Gasteiger partial charge on any atom is -0.201 e. The van der Waals surface area contributed by atoms with Gasteiger partial charge in [-0.2, -0.15) is 0 Å². The Labute approximate surface area is 207 Å². The number of nitrogens with zero attached hydrogens (tertiary/aromatic N) is 1. The maximum Gasteiger partial charge on any atom is 0.213 e. The van der Waals surface area contributed by atoms with Crippen LogP contribution < -0.4 is 4.57 Å². The van der Waals surface area contributed by atoms with Gasteiger partial charge in [0.2, 0.25) is 5.69 Å². The molecule has 0 fully saturated rings. The smallest absolute Gasteiger partial charge is 0.201 e. The van der Waals surface area contributed by atoms with Gasteiger partial charge in [0.1, 0.15) is 7.05 Å². The maximum absolute atomic E-state index is 2.49. The molecule has 1 heterocycles. The summed E-state index contributed by atoms with van der Waals surface area (Å²) in [5, 5.41) is 0. The Morgan fingerprint density at radius 1 is 0.514 bits per heavy atom. The van der Waals surface area contributed by atoms with Crippen molar-refractivity contribution in [2.24, 2.45) is 7.05 Å². The van der Waals surface area contributed by atoms with Gasteiger partial charge in [0.05, 0.1) is 0 Å². The van der Waals surface area contributed by atoms with Crippen molar-refractivity contribution in [2.45, 2.75) is 25.7 Å². The van der Waals surface area contributed by atoms with Crippen LogP contribution in [0.25, 0.3) is 22.4 Å². The van der Waals surface area contributed by atoms with Gasteiger partial charge in [-0.15, -0.1) is 0 Å². The molecule has 1 aromatic heterocycles. The molecule has 168 valence electrons. The van der Waals surface area contributed by atoms with E-state index in [1.54, 1.807) is 0 Å². The van der Waals surface area contributed by atoms with E-state index < -0.39 is 0 Å². The lowest BCUT2D eigenvalue weighted by Gasteiger charge is -2.42. The zero-order valence-corrected chi connectivity index (χ0v) is 20.4. The van der Waals surface area contributed by atoms with Crippen LogP contribution in [0.4, 0.5) is 0 Å². The van der Waals surface area contributed by atoms with E-state index in [0.717, 1.165) is 0 Å². The summed E-state index contributed by atoms with van der Waals surface area (Å²) in [6, 6.07) is 36.2. The minimum absolute atomic E-state index is 0.297. The van der Waals surface area contributed by atoms with Crippen LogP contribution in [0.2, 0.25) is 0 Å².